The highest BCUT2D eigenvalue weighted by molar-refractivity contribution is 7.89. The van der Waals surface area contributed by atoms with Crippen molar-refractivity contribution in [3.8, 4) is 5.75 Å². The summed E-state index contributed by atoms with van der Waals surface area (Å²) < 4.78 is 32.8. The Balaban J connectivity index is 1.96. The van der Waals surface area contributed by atoms with Crippen LogP contribution in [0.1, 0.15) is 30.0 Å². The van der Waals surface area contributed by atoms with Crippen LogP contribution in [0, 0.1) is 6.92 Å². The van der Waals surface area contributed by atoms with Crippen molar-refractivity contribution < 1.29 is 13.2 Å². The number of sulfonamides is 1. The lowest BCUT2D eigenvalue weighted by Gasteiger charge is -2.24. The van der Waals surface area contributed by atoms with E-state index in [0.717, 1.165) is 24.0 Å². The van der Waals surface area contributed by atoms with Gasteiger partial charge in [-0.2, -0.15) is 4.31 Å². The molecule has 3 rings (SSSR count). The molecule has 24 heavy (non-hydrogen) atoms. The van der Waals surface area contributed by atoms with Gasteiger partial charge in [0, 0.05) is 6.54 Å². The third-order valence-corrected chi connectivity index (χ3v) is 6.60. The van der Waals surface area contributed by atoms with Crippen LogP contribution in [0.3, 0.4) is 0 Å². The highest BCUT2D eigenvalue weighted by Crippen LogP contribution is 2.38. The SMILES string of the molecule is COc1ccc(S(=O)(=O)N2CCC[C@H]2c2ccc(C)cc2)cc1Cl. The molecule has 0 amide bonds. The van der Waals surface area contributed by atoms with E-state index in [0.29, 0.717) is 17.3 Å². The molecule has 0 bridgehead atoms. The smallest absolute Gasteiger partial charge is 0.243 e. The van der Waals surface area contributed by atoms with Gasteiger partial charge in [-0.1, -0.05) is 41.4 Å². The van der Waals surface area contributed by atoms with E-state index >= 15 is 0 Å². The summed E-state index contributed by atoms with van der Waals surface area (Å²) in [5.41, 5.74) is 2.19. The molecule has 4 nitrogen and oxygen atoms in total. The van der Waals surface area contributed by atoms with Gasteiger partial charge in [0.25, 0.3) is 0 Å². The lowest BCUT2D eigenvalue weighted by atomic mass is 10.0. The van der Waals surface area contributed by atoms with Crippen LogP contribution in [-0.2, 0) is 10.0 Å². The highest BCUT2D eigenvalue weighted by Gasteiger charge is 2.36. The van der Waals surface area contributed by atoms with Crippen molar-refractivity contribution in [3.05, 3.63) is 58.6 Å². The number of hydrogen-bond acceptors (Lipinski definition) is 3. The highest BCUT2D eigenvalue weighted by atomic mass is 35.5. The molecule has 0 aliphatic carbocycles. The molecule has 1 heterocycles. The first-order chi connectivity index (χ1) is 11.4. The second kappa shape index (κ2) is 6.75. The van der Waals surface area contributed by atoms with E-state index in [1.165, 1.54) is 13.2 Å². The fourth-order valence-corrected chi connectivity index (χ4v) is 5.12. The number of hydrogen-bond donors (Lipinski definition) is 0. The molecule has 0 N–H and O–H groups in total. The molecule has 0 unspecified atom stereocenters. The second-order valence-electron chi connectivity index (χ2n) is 5.98. The number of ether oxygens (including phenoxy) is 1. The van der Waals surface area contributed by atoms with Gasteiger partial charge in [0.1, 0.15) is 5.75 Å². The summed E-state index contributed by atoms with van der Waals surface area (Å²) in [6, 6.07) is 12.5. The quantitative estimate of drug-likeness (QED) is 0.816. The van der Waals surface area contributed by atoms with Crippen molar-refractivity contribution in [2.75, 3.05) is 13.7 Å². The minimum atomic E-state index is -3.60. The summed E-state index contributed by atoms with van der Waals surface area (Å²) in [6.07, 6.45) is 1.67. The maximum Gasteiger partial charge on any atom is 0.243 e. The minimum absolute atomic E-state index is 0.128. The third kappa shape index (κ3) is 3.16. The lowest BCUT2D eigenvalue weighted by Crippen LogP contribution is -2.30. The number of halogens is 1. The van der Waals surface area contributed by atoms with Crippen molar-refractivity contribution in [3.63, 3.8) is 0 Å². The van der Waals surface area contributed by atoms with Crippen molar-refractivity contribution >= 4 is 21.6 Å². The molecule has 1 atom stereocenters. The largest absolute Gasteiger partial charge is 0.495 e. The molecule has 2 aromatic carbocycles. The number of methoxy groups -OCH3 is 1. The second-order valence-corrected chi connectivity index (χ2v) is 8.28. The van der Waals surface area contributed by atoms with Crippen LogP contribution < -0.4 is 4.74 Å². The maximum atomic E-state index is 13.1. The van der Waals surface area contributed by atoms with Crippen molar-refractivity contribution in [1.29, 1.82) is 0 Å². The van der Waals surface area contributed by atoms with Crippen LogP contribution in [0.25, 0.3) is 0 Å². The molecule has 128 valence electrons. The van der Waals surface area contributed by atoms with Gasteiger partial charge in [0.2, 0.25) is 10.0 Å². The van der Waals surface area contributed by atoms with Gasteiger partial charge in [-0.3, -0.25) is 0 Å². The van der Waals surface area contributed by atoms with Crippen molar-refractivity contribution in [2.45, 2.75) is 30.7 Å². The number of benzene rings is 2. The van der Waals surface area contributed by atoms with Crippen LogP contribution in [0.2, 0.25) is 5.02 Å². The zero-order valence-electron chi connectivity index (χ0n) is 13.7. The van der Waals surface area contributed by atoms with Gasteiger partial charge in [-0.05, 0) is 43.5 Å². The predicted molar refractivity (Wildman–Crippen MR) is 95.0 cm³/mol. The monoisotopic (exact) mass is 365 g/mol. The minimum Gasteiger partial charge on any atom is -0.495 e. The topological polar surface area (TPSA) is 46.6 Å². The van der Waals surface area contributed by atoms with Crippen LogP contribution in [-0.4, -0.2) is 26.4 Å². The normalized spacial score (nSPS) is 18.7. The summed E-state index contributed by atoms with van der Waals surface area (Å²) in [5, 5.41) is 0.296. The Labute approximate surface area is 148 Å². The van der Waals surface area contributed by atoms with Crippen LogP contribution >= 0.6 is 11.6 Å². The van der Waals surface area contributed by atoms with E-state index in [1.54, 1.807) is 16.4 Å². The zero-order chi connectivity index (χ0) is 17.3. The van der Waals surface area contributed by atoms with Gasteiger partial charge in [-0.15, -0.1) is 0 Å². The van der Waals surface area contributed by atoms with Gasteiger partial charge in [0.15, 0.2) is 0 Å². The van der Waals surface area contributed by atoms with Gasteiger partial charge >= 0.3 is 0 Å². The number of aryl methyl sites for hydroxylation is 1. The maximum absolute atomic E-state index is 13.1. The molecule has 1 aliphatic rings. The zero-order valence-corrected chi connectivity index (χ0v) is 15.3. The van der Waals surface area contributed by atoms with Crippen molar-refractivity contribution in [1.82, 2.24) is 4.31 Å². The van der Waals surface area contributed by atoms with Crippen LogP contribution in [0.15, 0.2) is 47.4 Å². The molecular weight excluding hydrogens is 346 g/mol. The number of nitrogens with zero attached hydrogens (tertiary/aromatic N) is 1. The Bertz CT molecular complexity index is 834. The van der Waals surface area contributed by atoms with Crippen LogP contribution in [0.4, 0.5) is 0 Å². The van der Waals surface area contributed by atoms with E-state index in [4.69, 9.17) is 16.3 Å². The predicted octanol–water partition coefficient (Wildman–Crippen LogP) is 4.18. The molecular formula is C18H20ClNO3S. The van der Waals surface area contributed by atoms with E-state index in [1.807, 2.05) is 31.2 Å². The first-order valence-corrected chi connectivity index (χ1v) is 9.67. The average molecular weight is 366 g/mol. The van der Waals surface area contributed by atoms with Gasteiger partial charge < -0.3 is 4.74 Å². The van der Waals surface area contributed by atoms with Crippen LogP contribution in [0.5, 0.6) is 5.75 Å². The molecule has 6 heteroatoms. The van der Waals surface area contributed by atoms with E-state index in [-0.39, 0.29) is 10.9 Å². The summed E-state index contributed by atoms with van der Waals surface area (Å²) in [5.74, 6) is 0.465. The Hall–Kier alpha value is -1.56. The fourth-order valence-electron chi connectivity index (χ4n) is 3.09. The van der Waals surface area contributed by atoms with Crippen molar-refractivity contribution in [2.24, 2.45) is 0 Å². The average Bonchev–Trinajstić information content (AvgIpc) is 3.06. The fraction of sp³-hybridized carbons (Fsp3) is 0.333. The molecule has 1 fully saturated rings. The summed E-state index contributed by atoms with van der Waals surface area (Å²) in [6.45, 7) is 2.54. The Morgan fingerprint density at radius 3 is 2.50 bits per heavy atom. The molecule has 0 spiro atoms. The summed E-state index contributed by atoms with van der Waals surface area (Å²) in [4.78, 5) is 0.201. The van der Waals surface area contributed by atoms with E-state index in [9.17, 15) is 8.42 Å². The molecule has 0 saturated carbocycles. The third-order valence-electron chi connectivity index (χ3n) is 4.40. The first kappa shape index (κ1) is 17.3. The molecule has 0 radical (unpaired) electrons. The summed E-state index contributed by atoms with van der Waals surface area (Å²) >= 11 is 6.11. The molecule has 1 saturated heterocycles. The van der Waals surface area contributed by atoms with Gasteiger partial charge in [0.05, 0.1) is 23.1 Å². The lowest BCUT2D eigenvalue weighted by molar-refractivity contribution is 0.396. The van der Waals surface area contributed by atoms with Gasteiger partial charge in [-0.25, -0.2) is 8.42 Å². The van der Waals surface area contributed by atoms with E-state index in [2.05, 4.69) is 0 Å². The Morgan fingerprint density at radius 1 is 1.17 bits per heavy atom. The van der Waals surface area contributed by atoms with E-state index < -0.39 is 10.0 Å². The Kier molecular flexibility index (Phi) is 4.85. The molecule has 0 aromatic heterocycles. The molecule has 2 aromatic rings. The summed E-state index contributed by atoms with van der Waals surface area (Å²) in [7, 11) is -2.10. The molecule has 1 aliphatic heterocycles. The standard InChI is InChI=1S/C18H20ClNO3S/c1-13-5-7-14(8-6-13)17-4-3-11-20(17)24(21,22)15-9-10-18(23-2)16(19)12-15/h5-10,12,17H,3-4,11H2,1-2H3/t17-/m0/s1. The number of rotatable bonds is 4. The Morgan fingerprint density at radius 2 is 1.88 bits per heavy atom. The first-order valence-electron chi connectivity index (χ1n) is 7.85.